The molecule has 2 aromatic heterocycles. The van der Waals surface area contributed by atoms with E-state index in [1.807, 2.05) is 29.5 Å². The van der Waals surface area contributed by atoms with Gasteiger partial charge in [-0.25, -0.2) is 4.98 Å². The number of imidazole rings is 1. The number of Topliss-reactive ketones (excluding diaryl/α,β-unsaturated/α-hetero) is 1. The van der Waals surface area contributed by atoms with Crippen molar-refractivity contribution in [1.29, 1.82) is 0 Å². The Labute approximate surface area is 232 Å². The van der Waals surface area contributed by atoms with E-state index >= 15 is 0 Å². The van der Waals surface area contributed by atoms with Crippen molar-refractivity contribution in [3.05, 3.63) is 94.4 Å². The van der Waals surface area contributed by atoms with Crippen molar-refractivity contribution < 1.29 is 18.3 Å². The number of ketones is 1. The van der Waals surface area contributed by atoms with Gasteiger partial charge in [0, 0.05) is 38.3 Å². The van der Waals surface area contributed by atoms with Crippen LogP contribution >= 0.6 is 11.6 Å². The lowest BCUT2D eigenvalue weighted by atomic mass is 9.89. The Morgan fingerprint density at radius 3 is 2.38 bits per heavy atom. The van der Waals surface area contributed by atoms with Crippen LogP contribution < -0.4 is 9.64 Å². The maximum Gasteiger partial charge on any atom is 0.394 e. The molecule has 5 nitrogen and oxygen atoms in total. The Bertz CT molecular complexity index is 1440. The van der Waals surface area contributed by atoms with Crippen LogP contribution in [0, 0.1) is 0 Å². The maximum atomic E-state index is 13.2. The molecule has 204 valence electrons. The normalized spacial score (nSPS) is 14.6. The lowest BCUT2D eigenvalue weighted by Gasteiger charge is -2.34. The summed E-state index contributed by atoms with van der Waals surface area (Å²) in [7, 11) is 0. The minimum atomic E-state index is -3.18. The summed E-state index contributed by atoms with van der Waals surface area (Å²) in [5.41, 5.74) is 5.60. The minimum absolute atomic E-state index is 0.0655. The topological polar surface area (TPSA) is 46.8 Å². The van der Waals surface area contributed by atoms with E-state index in [-0.39, 0.29) is 11.5 Å². The van der Waals surface area contributed by atoms with Gasteiger partial charge in [0.1, 0.15) is 17.1 Å². The first-order valence-electron chi connectivity index (χ1n) is 13.4. The average molecular weight is 552 g/mol. The number of pyridine rings is 1. The van der Waals surface area contributed by atoms with E-state index in [2.05, 4.69) is 38.9 Å². The van der Waals surface area contributed by atoms with Gasteiger partial charge in [0.2, 0.25) is 0 Å². The van der Waals surface area contributed by atoms with Gasteiger partial charge in [-0.3, -0.25) is 9.20 Å². The van der Waals surface area contributed by atoms with Gasteiger partial charge < -0.3 is 9.64 Å². The average Bonchev–Trinajstić information content (AvgIpc) is 3.29. The molecule has 0 unspecified atom stereocenters. The van der Waals surface area contributed by atoms with Crippen molar-refractivity contribution in [2.45, 2.75) is 58.0 Å². The summed E-state index contributed by atoms with van der Waals surface area (Å²) in [6, 6.07) is 19.1. The molecule has 4 aromatic rings. The number of piperidine rings is 1. The number of anilines is 1. The monoisotopic (exact) mass is 551 g/mol. The summed E-state index contributed by atoms with van der Waals surface area (Å²) < 4.78 is 32.6. The highest BCUT2D eigenvalue weighted by Crippen LogP contribution is 2.32. The summed E-state index contributed by atoms with van der Waals surface area (Å²) >= 11 is 6.17. The number of fused-ring (bicyclic) bond motifs is 1. The molecule has 0 radical (unpaired) electrons. The summed E-state index contributed by atoms with van der Waals surface area (Å²) in [5, 5.41) is 0.572. The number of nitrogens with zero attached hydrogens (tertiary/aromatic N) is 3. The van der Waals surface area contributed by atoms with Crippen molar-refractivity contribution in [2.24, 2.45) is 0 Å². The first-order valence-corrected chi connectivity index (χ1v) is 13.8. The van der Waals surface area contributed by atoms with Gasteiger partial charge in [0.25, 0.3) is 0 Å². The second-order valence-corrected chi connectivity index (χ2v) is 10.6. The highest BCUT2D eigenvalue weighted by atomic mass is 35.5. The first kappa shape index (κ1) is 27.1. The van der Waals surface area contributed by atoms with Crippen molar-refractivity contribution in [2.75, 3.05) is 18.0 Å². The zero-order valence-corrected chi connectivity index (χ0v) is 22.9. The zero-order chi connectivity index (χ0) is 27.6. The Kier molecular flexibility index (Phi) is 7.89. The van der Waals surface area contributed by atoms with Gasteiger partial charge >= 0.3 is 6.11 Å². The SMILES string of the molecule is CCc1nc2ccc(Cl)cn2c1C(=O)CCc1ccc(N2CCC(c3ccc(OC(C)(F)F)cc3)CC2)cc1. The zero-order valence-electron chi connectivity index (χ0n) is 22.2. The van der Waals surface area contributed by atoms with E-state index in [9.17, 15) is 13.6 Å². The molecule has 5 rings (SSSR count). The molecule has 0 N–H and O–H groups in total. The van der Waals surface area contributed by atoms with Crippen LogP contribution in [0.4, 0.5) is 14.5 Å². The number of aryl methyl sites for hydroxylation is 2. The van der Waals surface area contributed by atoms with Crippen LogP contribution in [0.1, 0.15) is 66.3 Å². The number of halogens is 3. The van der Waals surface area contributed by atoms with Crippen molar-refractivity contribution >= 4 is 28.7 Å². The van der Waals surface area contributed by atoms with E-state index in [0.717, 1.165) is 55.3 Å². The summed E-state index contributed by atoms with van der Waals surface area (Å²) in [6.45, 7) is 4.59. The number of aromatic nitrogens is 2. The fourth-order valence-corrected chi connectivity index (χ4v) is 5.51. The van der Waals surface area contributed by atoms with E-state index in [1.165, 1.54) is 5.69 Å². The van der Waals surface area contributed by atoms with E-state index in [0.29, 0.717) is 35.9 Å². The summed E-state index contributed by atoms with van der Waals surface area (Å²) in [6.07, 6.45) is 2.29. The number of ether oxygens (including phenoxy) is 1. The van der Waals surface area contributed by atoms with Crippen LogP contribution in [0.3, 0.4) is 0 Å². The number of benzene rings is 2. The van der Waals surface area contributed by atoms with Crippen molar-refractivity contribution in [3.63, 3.8) is 0 Å². The van der Waals surface area contributed by atoms with E-state index < -0.39 is 6.11 Å². The Morgan fingerprint density at radius 2 is 1.74 bits per heavy atom. The third-order valence-corrected chi connectivity index (χ3v) is 7.56. The number of rotatable bonds is 9. The number of carbonyl (C=O) groups is 1. The van der Waals surface area contributed by atoms with Gasteiger partial charge in [0.15, 0.2) is 5.78 Å². The molecular formula is C31H32ClF2N3O2. The molecule has 0 aliphatic carbocycles. The van der Waals surface area contributed by atoms with Crippen LogP contribution in [0.2, 0.25) is 5.02 Å². The number of carbonyl (C=O) groups excluding carboxylic acids is 1. The van der Waals surface area contributed by atoms with Gasteiger partial charge in [-0.15, -0.1) is 0 Å². The molecule has 1 aliphatic rings. The van der Waals surface area contributed by atoms with Gasteiger partial charge in [0.05, 0.1) is 10.7 Å². The molecule has 0 spiro atoms. The minimum Gasteiger partial charge on any atom is -0.433 e. The highest BCUT2D eigenvalue weighted by Gasteiger charge is 2.24. The fraction of sp³-hybridized carbons (Fsp3) is 0.355. The van der Waals surface area contributed by atoms with Gasteiger partial charge in [-0.1, -0.05) is 42.8 Å². The summed E-state index contributed by atoms with van der Waals surface area (Å²) in [5.74, 6) is 0.639. The lowest BCUT2D eigenvalue weighted by Crippen LogP contribution is -2.32. The third-order valence-electron chi connectivity index (χ3n) is 7.34. The Morgan fingerprint density at radius 1 is 1.05 bits per heavy atom. The molecule has 1 aliphatic heterocycles. The standard InChI is InChI=1S/C31H32ClF2N3O2/c1-3-27-30(37-20-24(32)9-15-29(37)35-27)28(38)14-6-21-4-10-25(11-5-21)36-18-16-23(17-19-36)22-7-12-26(13-8-22)39-31(2,33)34/h4-5,7-13,15,20,23H,3,6,14,16-19H2,1-2H3. The second-order valence-electron chi connectivity index (χ2n) is 10.2. The molecule has 0 bridgehead atoms. The molecule has 1 fully saturated rings. The van der Waals surface area contributed by atoms with E-state index in [4.69, 9.17) is 11.6 Å². The molecule has 0 atom stereocenters. The fourth-order valence-electron chi connectivity index (χ4n) is 5.34. The van der Waals surface area contributed by atoms with Crippen LogP contribution in [-0.2, 0) is 12.8 Å². The van der Waals surface area contributed by atoms with Gasteiger partial charge in [-0.05, 0) is 79.1 Å². The predicted octanol–water partition coefficient (Wildman–Crippen LogP) is 7.74. The highest BCUT2D eigenvalue weighted by molar-refractivity contribution is 6.30. The predicted molar refractivity (Wildman–Crippen MR) is 151 cm³/mol. The smallest absolute Gasteiger partial charge is 0.394 e. The van der Waals surface area contributed by atoms with Crippen LogP contribution in [-0.4, -0.2) is 34.4 Å². The van der Waals surface area contributed by atoms with Crippen molar-refractivity contribution in [3.8, 4) is 5.75 Å². The molecular weight excluding hydrogens is 520 g/mol. The Hall–Kier alpha value is -3.45. The second kappa shape index (κ2) is 11.3. The Balaban J connectivity index is 1.16. The summed E-state index contributed by atoms with van der Waals surface area (Å²) in [4.78, 5) is 20.1. The molecule has 39 heavy (non-hydrogen) atoms. The lowest BCUT2D eigenvalue weighted by molar-refractivity contribution is -0.158. The number of hydrogen-bond donors (Lipinski definition) is 0. The third kappa shape index (κ3) is 6.41. The van der Waals surface area contributed by atoms with Gasteiger partial charge in [-0.2, -0.15) is 8.78 Å². The molecule has 2 aromatic carbocycles. The maximum absolute atomic E-state index is 13.2. The largest absolute Gasteiger partial charge is 0.433 e. The number of alkyl halides is 2. The first-order chi connectivity index (χ1) is 18.7. The van der Waals surface area contributed by atoms with Crippen LogP contribution in [0.25, 0.3) is 5.65 Å². The van der Waals surface area contributed by atoms with Crippen LogP contribution in [0.5, 0.6) is 5.75 Å². The van der Waals surface area contributed by atoms with Crippen LogP contribution in [0.15, 0.2) is 66.9 Å². The molecule has 3 heterocycles. The van der Waals surface area contributed by atoms with E-state index in [1.54, 1.807) is 24.4 Å². The molecule has 0 amide bonds. The van der Waals surface area contributed by atoms with Crippen molar-refractivity contribution in [1.82, 2.24) is 9.38 Å². The molecule has 0 saturated carbocycles. The number of hydrogen-bond acceptors (Lipinski definition) is 4. The molecule has 1 saturated heterocycles. The quantitative estimate of drug-likeness (QED) is 0.200. The molecule has 8 heteroatoms.